The van der Waals surface area contributed by atoms with Gasteiger partial charge in [-0.2, -0.15) is 0 Å². The van der Waals surface area contributed by atoms with Gasteiger partial charge in [-0.05, 0) is 24.8 Å². The summed E-state index contributed by atoms with van der Waals surface area (Å²) in [6.07, 6.45) is 6.78. The number of amides is 1. The van der Waals surface area contributed by atoms with Gasteiger partial charge in [0.05, 0.1) is 39.0 Å². The predicted octanol–water partition coefficient (Wildman–Crippen LogP) is 2.43. The van der Waals surface area contributed by atoms with E-state index in [1.807, 2.05) is 11.0 Å². The monoisotopic (exact) mass is 325 g/mol. The fraction of sp³-hybridized carbons (Fsp3) is 0.722. The molecule has 1 fully saturated rings. The van der Waals surface area contributed by atoms with E-state index < -0.39 is 0 Å². The van der Waals surface area contributed by atoms with Crippen LogP contribution in [0, 0.1) is 5.92 Å². The third-order valence-electron chi connectivity index (χ3n) is 3.87. The van der Waals surface area contributed by atoms with Crippen LogP contribution >= 0.6 is 0 Å². The Labute approximate surface area is 140 Å². The van der Waals surface area contributed by atoms with Crippen molar-refractivity contribution in [1.82, 2.24) is 4.90 Å². The molecule has 0 radical (unpaired) electrons. The number of carbonyl (C=O) groups is 1. The van der Waals surface area contributed by atoms with Gasteiger partial charge in [-0.25, -0.2) is 0 Å². The maximum absolute atomic E-state index is 12.5. The molecule has 132 valence electrons. The van der Waals surface area contributed by atoms with Crippen molar-refractivity contribution in [2.24, 2.45) is 5.92 Å². The number of hydrogen-bond acceptors (Lipinski definition) is 4. The van der Waals surface area contributed by atoms with Gasteiger partial charge in [0, 0.05) is 20.2 Å². The first-order valence-corrected chi connectivity index (χ1v) is 8.47. The average molecular weight is 325 g/mol. The summed E-state index contributed by atoms with van der Waals surface area (Å²) in [5, 5.41) is 0. The topological polar surface area (TPSA) is 48.0 Å². The smallest absolute Gasteiger partial charge is 0.230 e. The minimum absolute atomic E-state index is 0.0327. The maximum atomic E-state index is 12.5. The fourth-order valence-electron chi connectivity index (χ4n) is 2.68. The lowest BCUT2D eigenvalue weighted by Gasteiger charge is -2.16. The van der Waals surface area contributed by atoms with Crippen LogP contribution in [0.3, 0.4) is 0 Å². The Morgan fingerprint density at radius 1 is 1.22 bits per heavy atom. The highest BCUT2D eigenvalue weighted by atomic mass is 16.5. The van der Waals surface area contributed by atoms with Gasteiger partial charge in [0.1, 0.15) is 0 Å². The Morgan fingerprint density at radius 3 is 2.57 bits per heavy atom. The number of methoxy groups -OCH3 is 1. The highest BCUT2D eigenvalue weighted by molar-refractivity contribution is 5.85. The molecule has 5 heteroatoms. The maximum Gasteiger partial charge on any atom is 0.230 e. The molecule has 5 nitrogen and oxygen atoms in total. The predicted molar refractivity (Wildman–Crippen MR) is 91.4 cm³/mol. The first-order chi connectivity index (χ1) is 11.2. The van der Waals surface area contributed by atoms with Crippen molar-refractivity contribution in [3.8, 4) is 0 Å². The molecule has 0 spiro atoms. The molecular formula is C18H31NO4. The Kier molecular flexibility index (Phi) is 10.6. The van der Waals surface area contributed by atoms with E-state index in [1.165, 1.54) is 5.57 Å². The van der Waals surface area contributed by atoms with Crippen molar-refractivity contribution >= 4 is 5.91 Å². The fourth-order valence-corrected chi connectivity index (χ4v) is 2.68. The van der Waals surface area contributed by atoms with Crippen molar-refractivity contribution in [1.29, 1.82) is 0 Å². The molecule has 1 rings (SSSR count). The van der Waals surface area contributed by atoms with E-state index >= 15 is 0 Å². The molecule has 1 aliphatic heterocycles. The van der Waals surface area contributed by atoms with Crippen LogP contribution < -0.4 is 0 Å². The second-order valence-electron chi connectivity index (χ2n) is 5.58. The zero-order valence-corrected chi connectivity index (χ0v) is 14.6. The van der Waals surface area contributed by atoms with E-state index in [2.05, 4.69) is 19.6 Å². The van der Waals surface area contributed by atoms with E-state index in [0.717, 1.165) is 25.8 Å². The second kappa shape index (κ2) is 12.3. The number of allylic oxidation sites excluding steroid dienone is 2. The number of ether oxygens (including phenoxy) is 3. The summed E-state index contributed by atoms with van der Waals surface area (Å²) in [5.41, 5.74) is 1.25. The molecule has 1 aliphatic rings. The first kappa shape index (κ1) is 19.9. The summed E-state index contributed by atoms with van der Waals surface area (Å²) < 4.78 is 15.8. The third kappa shape index (κ3) is 7.29. The summed E-state index contributed by atoms with van der Waals surface area (Å²) in [5.74, 6) is 0.261. The molecule has 0 bridgehead atoms. The van der Waals surface area contributed by atoms with Crippen LogP contribution in [-0.4, -0.2) is 64.0 Å². The Morgan fingerprint density at radius 2 is 1.91 bits per heavy atom. The number of nitrogens with zero attached hydrogens (tertiary/aromatic N) is 1. The molecule has 1 unspecified atom stereocenters. The minimum Gasteiger partial charge on any atom is -0.382 e. The molecule has 0 N–H and O–H groups in total. The lowest BCUT2D eigenvalue weighted by atomic mass is 9.96. The van der Waals surface area contributed by atoms with E-state index in [0.29, 0.717) is 39.6 Å². The quantitative estimate of drug-likeness (QED) is 0.385. The summed E-state index contributed by atoms with van der Waals surface area (Å²) in [6, 6.07) is 0. The van der Waals surface area contributed by atoms with Crippen molar-refractivity contribution in [2.45, 2.75) is 26.2 Å². The van der Waals surface area contributed by atoms with Gasteiger partial charge >= 0.3 is 0 Å². The summed E-state index contributed by atoms with van der Waals surface area (Å²) in [7, 11) is 1.65. The van der Waals surface area contributed by atoms with E-state index in [9.17, 15) is 4.79 Å². The SMILES string of the molecule is C=CCCC1C(=O)N(CCOCCOCCOC)C/C1=C/CC. The van der Waals surface area contributed by atoms with E-state index in [1.54, 1.807) is 7.11 Å². The molecular weight excluding hydrogens is 294 g/mol. The van der Waals surface area contributed by atoms with E-state index in [4.69, 9.17) is 14.2 Å². The average Bonchev–Trinajstić information content (AvgIpc) is 2.84. The largest absolute Gasteiger partial charge is 0.382 e. The number of hydrogen-bond donors (Lipinski definition) is 0. The molecule has 0 aliphatic carbocycles. The second-order valence-corrected chi connectivity index (χ2v) is 5.58. The van der Waals surface area contributed by atoms with Gasteiger partial charge in [-0.3, -0.25) is 4.79 Å². The van der Waals surface area contributed by atoms with Crippen LogP contribution in [-0.2, 0) is 19.0 Å². The molecule has 1 saturated heterocycles. The van der Waals surface area contributed by atoms with Crippen molar-refractivity contribution in [2.75, 3.05) is 53.2 Å². The Hall–Kier alpha value is -1.17. The van der Waals surface area contributed by atoms with Gasteiger partial charge in [0.25, 0.3) is 0 Å². The van der Waals surface area contributed by atoms with E-state index in [-0.39, 0.29) is 11.8 Å². The standard InChI is InChI=1S/C18H31NO4/c1-4-6-8-17-16(7-5-2)15-19(18(17)20)9-10-22-13-14-23-12-11-21-3/h4,7,17H,1,5-6,8-15H2,2-3H3/b16-7-. The zero-order chi connectivity index (χ0) is 16.9. The molecule has 1 amide bonds. The van der Waals surface area contributed by atoms with Crippen molar-refractivity contribution < 1.29 is 19.0 Å². The molecule has 1 heterocycles. The summed E-state index contributed by atoms with van der Waals surface area (Å²) in [4.78, 5) is 14.4. The Bertz CT molecular complexity index is 381. The van der Waals surface area contributed by atoms with Crippen LogP contribution in [0.5, 0.6) is 0 Å². The number of carbonyl (C=O) groups excluding carboxylic acids is 1. The normalized spacial score (nSPS) is 19.7. The van der Waals surface area contributed by atoms with Crippen LogP contribution in [0.1, 0.15) is 26.2 Å². The zero-order valence-electron chi connectivity index (χ0n) is 14.6. The van der Waals surface area contributed by atoms with Crippen LogP contribution in [0.4, 0.5) is 0 Å². The highest BCUT2D eigenvalue weighted by Crippen LogP contribution is 2.28. The van der Waals surface area contributed by atoms with Crippen LogP contribution in [0.15, 0.2) is 24.3 Å². The van der Waals surface area contributed by atoms with Gasteiger partial charge in [0.15, 0.2) is 0 Å². The highest BCUT2D eigenvalue weighted by Gasteiger charge is 2.34. The molecule has 0 saturated carbocycles. The summed E-state index contributed by atoms with van der Waals surface area (Å²) >= 11 is 0. The number of likely N-dealkylation sites (tertiary alicyclic amines) is 1. The minimum atomic E-state index is 0.0327. The van der Waals surface area contributed by atoms with Crippen molar-refractivity contribution in [3.63, 3.8) is 0 Å². The van der Waals surface area contributed by atoms with Crippen LogP contribution in [0.2, 0.25) is 0 Å². The first-order valence-electron chi connectivity index (χ1n) is 8.47. The molecule has 0 aromatic carbocycles. The van der Waals surface area contributed by atoms with Gasteiger partial charge < -0.3 is 19.1 Å². The van der Waals surface area contributed by atoms with Gasteiger partial charge in [-0.1, -0.05) is 19.1 Å². The third-order valence-corrected chi connectivity index (χ3v) is 3.87. The summed E-state index contributed by atoms with van der Waals surface area (Å²) in [6.45, 7) is 10.1. The lowest BCUT2D eigenvalue weighted by molar-refractivity contribution is -0.131. The van der Waals surface area contributed by atoms with Crippen molar-refractivity contribution in [3.05, 3.63) is 24.3 Å². The molecule has 0 aromatic rings. The van der Waals surface area contributed by atoms with Gasteiger partial charge in [0.2, 0.25) is 5.91 Å². The van der Waals surface area contributed by atoms with Gasteiger partial charge in [-0.15, -0.1) is 6.58 Å². The Balaban J connectivity index is 2.27. The molecule has 23 heavy (non-hydrogen) atoms. The van der Waals surface area contributed by atoms with Crippen LogP contribution in [0.25, 0.3) is 0 Å². The molecule has 0 aromatic heterocycles. The lowest BCUT2D eigenvalue weighted by Crippen LogP contribution is -2.31. The number of rotatable bonds is 13. The molecule has 1 atom stereocenters.